The van der Waals surface area contributed by atoms with E-state index in [0.29, 0.717) is 11.3 Å². The van der Waals surface area contributed by atoms with Crippen molar-refractivity contribution in [2.24, 2.45) is 0 Å². The molecule has 1 fully saturated rings. The molecule has 0 aromatic heterocycles. The third-order valence-electron chi connectivity index (χ3n) is 4.84. The summed E-state index contributed by atoms with van der Waals surface area (Å²) in [6.07, 6.45) is -1.60. The molecule has 1 aliphatic heterocycles. The summed E-state index contributed by atoms with van der Waals surface area (Å²) in [7, 11) is 1.55. The Morgan fingerprint density at radius 3 is 2.23 bits per heavy atom. The summed E-state index contributed by atoms with van der Waals surface area (Å²) in [5.41, 5.74) is 1.23. The van der Waals surface area contributed by atoms with Gasteiger partial charge in [0.05, 0.1) is 24.7 Å². The van der Waals surface area contributed by atoms with Gasteiger partial charge < -0.3 is 19.3 Å². The Hall–Kier alpha value is -3.66. The molecular weight excluding hydrogens is 408 g/mol. The van der Waals surface area contributed by atoms with Crippen molar-refractivity contribution < 1.29 is 33.8 Å². The molecule has 0 saturated carbocycles. The van der Waals surface area contributed by atoms with Gasteiger partial charge in [0.15, 0.2) is 0 Å². The predicted molar refractivity (Wildman–Crippen MR) is 107 cm³/mol. The number of β-amino-alcohol motifs (C(OH)–C–C–N with tert-alkyl or cyclic N) is 1. The van der Waals surface area contributed by atoms with Crippen molar-refractivity contribution in [3.05, 3.63) is 69.8 Å². The number of aliphatic hydroxyl groups excluding tert-OH is 1. The average molecular weight is 430 g/mol. The minimum atomic E-state index is -0.961. The number of likely N-dealkylation sites (tertiary alicyclic amines) is 1. The molecular formula is C21H22N2O8. The summed E-state index contributed by atoms with van der Waals surface area (Å²) in [4.78, 5) is 36.3. The molecule has 0 bridgehead atoms. The number of non-ortho nitro benzene ring substituents is 1. The molecule has 0 spiro atoms. The van der Waals surface area contributed by atoms with Gasteiger partial charge in [-0.15, -0.1) is 0 Å². The third-order valence-corrected chi connectivity index (χ3v) is 4.84. The molecule has 164 valence electrons. The van der Waals surface area contributed by atoms with Gasteiger partial charge in [-0.2, -0.15) is 0 Å². The van der Waals surface area contributed by atoms with Crippen LogP contribution in [0.15, 0.2) is 48.5 Å². The number of aliphatic hydroxyl groups is 1. The average Bonchev–Trinajstić information content (AvgIpc) is 3.18. The molecule has 31 heavy (non-hydrogen) atoms. The maximum atomic E-state index is 12.5. The molecule has 2 aromatic carbocycles. The number of esters is 1. The van der Waals surface area contributed by atoms with Crippen molar-refractivity contribution in [2.75, 3.05) is 13.7 Å². The fourth-order valence-electron chi connectivity index (χ4n) is 3.15. The summed E-state index contributed by atoms with van der Waals surface area (Å²) < 4.78 is 15.6. The second-order valence-corrected chi connectivity index (χ2v) is 6.99. The lowest BCUT2D eigenvalue weighted by Gasteiger charge is -2.22. The lowest BCUT2D eigenvalue weighted by Crippen LogP contribution is -2.41. The van der Waals surface area contributed by atoms with Gasteiger partial charge in [-0.1, -0.05) is 12.1 Å². The van der Waals surface area contributed by atoms with Gasteiger partial charge in [-0.3, -0.25) is 15.0 Å². The number of carbonyl (C=O) groups is 2. The zero-order valence-corrected chi connectivity index (χ0v) is 16.8. The van der Waals surface area contributed by atoms with E-state index in [0.717, 1.165) is 10.5 Å². The minimum absolute atomic E-state index is 0.0150. The Labute approximate surface area is 178 Å². The number of hydrogen-bond acceptors (Lipinski definition) is 8. The largest absolute Gasteiger partial charge is 0.497 e. The molecule has 1 N–H and O–H groups in total. The fourth-order valence-corrected chi connectivity index (χ4v) is 3.15. The quantitative estimate of drug-likeness (QED) is 0.403. The van der Waals surface area contributed by atoms with Crippen LogP contribution in [0.1, 0.15) is 17.5 Å². The SMILES string of the molecule is COc1ccc(COC(=O)[C@@H]2CC(O)CN2C(=O)OCc2ccc([N+](=O)[O-])cc2)cc1. The second-order valence-electron chi connectivity index (χ2n) is 6.99. The topological polar surface area (TPSA) is 128 Å². The van der Waals surface area contributed by atoms with Crippen LogP contribution in [0.3, 0.4) is 0 Å². The summed E-state index contributed by atoms with van der Waals surface area (Å²) in [6.45, 7) is -0.167. The number of rotatable bonds is 7. The van der Waals surface area contributed by atoms with Crippen molar-refractivity contribution in [2.45, 2.75) is 31.8 Å². The maximum Gasteiger partial charge on any atom is 0.410 e. The van der Waals surface area contributed by atoms with Gasteiger partial charge in [0.2, 0.25) is 0 Å². The van der Waals surface area contributed by atoms with E-state index in [2.05, 4.69) is 0 Å². The molecule has 1 aliphatic rings. The molecule has 10 nitrogen and oxygen atoms in total. The van der Waals surface area contributed by atoms with E-state index in [1.165, 1.54) is 24.3 Å². The van der Waals surface area contributed by atoms with Crippen LogP contribution in [0.5, 0.6) is 5.75 Å². The zero-order chi connectivity index (χ0) is 22.4. The first-order valence-corrected chi connectivity index (χ1v) is 9.51. The highest BCUT2D eigenvalue weighted by Crippen LogP contribution is 2.22. The normalized spacial score (nSPS) is 17.8. The Kier molecular flexibility index (Phi) is 7.03. The first-order chi connectivity index (χ1) is 14.9. The van der Waals surface area contributed by atoms with E-state index in [1.54, 1.807) is 31.4 Å². The van der Waals surface area contributed by atoms with Gasteiger partial charge in [0, 0.05) is 18.6 Å². The van der Waals surface area contributed by atoms with E-state index in [1.807, 2.05) is 0 Å². The summed E-state index contributed by atoms with van der Waals surface area (Å²) in [5.74, 6) is 0.0376. The van der Waals surface area contributed by atoms with Gasteiger partial charge in [0.25, 0.3) is 5.69 Å². The number of benzene rings is 2. The number of carbonyl (C=O) groups excluding carboxylic acids is 2. The Bertz CT molecular complexity index is 929. The summed E-state index contributed by atoms with van der Waals surface area (Å²) in [6, 6.07) is 11.6. The smallest absolute Gasteiger partial charge is 0.410 e. The van der Waals surface area contributed by atoms with E-state index in [9.17, 15) is 24.8 Å². The van der Waals surface area contributed by atoms with Crippen LogP contribution < -0.4 is 4.74 Å². The molecule has 0 aliphatic carbocycles. The lowest BCUT2D eigenvalue weighted by molar-refractivity contribution is -0.384. The molecule has 10 heteroatoms. The maximum absolute atomic E-state index is 12.5. The molecule has 2 atom stereocenters. The standard InChI is InChI=1S/C21H22N2O8/c1-29-18-8-4-15(5-9-18)12-30-20(25)19-10-17(24)11-22(19)21(26)31-13-14-2-6-16(7-3-14)23(27)28/h2-9,17,19,24H,10-13H2,1H3/t17?,19-/m0/s1. The minimum Gasteiger partial charge on any atom is -0.497 e. The zero-order valence-electron chi connectivity index (χ0n) is 16.8. The first-order valence-electron chi connectivity index (χ1n) is 9.51. The third kappa shape index (κ3) is 5.70. The fraction of sp³-hybridized carbons (Fsp3) is 0.333. The summed E-state index contributed by atoms with van der Waals surface area (Å²) in [5, 5.41) is 20.6. The van der Waals surface area contributed by atoms with E-state index in [-0.39, 0.29) is 31.9 Å². The van der Waals surface area contributed by atoms with Gasteiger partial charge in [-0.05, 0) is 35.4 Å². The Balaban J connectivity index is 1.55. The molecule has 2 aromatic rings. The number of nitro benzene ring substituents is 1. The van der Waals surface area contributed by atoms with Crippen molar-refractivity contribution >= 4 is 17.7 Å². The number of hydrogen-bond donors (Lipinski definition) is 1. The van der Waals surface area contributed by atoms with Crippen LogP contribution in [-0.2, 0) is 27.5 Å². The number of nitro groups is 1. The van der Waals surface area contributed by atoms with E-state index < -0.39 is 29.1 Å². The first kappa shape index (κ1) is 22.0. The molecule has 3 rings (SSSR count). The van der Waals surface area contributed by atoms with Gasteiger partial charge in [0.1, 0.15) is 25.0 Å². The Morgan fingerprint density at radius 2 is 1.65 bits per heavy atom. The van der Waals surface area contributed by atoms with Gasteiger partial charge >= 0.3 is 12.1 Å². The van der Waals surface area contributed by atoms with Gasteiger partial charge in [-0.25, -0.2) is 9.59 Å². The van der Waals surface area contributed by atoms with Crippen LogP contribution in [0.25, 0.3) is 0 Å². The molecule has 1 unspecified atom stereocenters. The van der Waals surface area contributed by atoms with E-state index >= 15 is 0 Å². The highest BCUT2D eigenvalue weighted by Gasteiger charge is 2.41. The van der Waals surface area contributed by atoms with Crippen molar-refractivity contribution in [3.63, 3.8) is 0 Å². The highest BCUT2D eigenvalue weighted by atomic mass is 16.6. The van der Waals surface area contributed by atoms with Crippen LogP contribution in [0.2, 0.25) is 0 Å². The summed E-state index contributed by atoms with van der Waals surface area (Å²) >= 11 is 0. The van der Waals surface area contributed by atoms with Crippen molar-refractivity contribution in [1.29, 1.82) is 0 Å². The number of methoxy groups -OCH3 is 1. The monoisotopic (exact) mass is 430 g/mol. The van der Waals surface area contributed by atoms with Crippen LogP contribution >= 0.6 is 0 Å². The Morgan fingerprint density at radius 1 is 1.06 bits per heavy atom. The molecule has 0 radical (unpaired) electrons. The lowest BCUT2D eigenvalue weighted by atomic mass is 10.2. The van der Waals surface area contributed by atoms with E-state index in [4.69, 9.17) is 14.2 Å². The number of nitrogens with zero attached hydrogens (tertiary/aromatic N) is 2. The predicted octanol–water partition coefficient (Wildman–Crippen LogP) is 2.42. The molecule has 1 amide bonds. The molecule has 1 saturated heterocycles. The van der Waals surface area contributed by atoms with Crippen LogP contribution in [0.4, 0.5) is 10.5 Å². The molecule has 1 heterocycles. The van der Waals surface area contributed by atoms with Crippen LogP contribution in [0, 0.1) is 10.1 Å². The number of ether oxygens (including phenoxy) is 3. The van der Waals surface area contributed by atoms with Crippen molar-refractivity contribution in [3.8, 4) is 5.75 Å². The highest BCUT2D eigenvalue weighted by molar-refractivity contribution is 5.82. The second kappa shape index (κ2) is 9.90. The van der Waals surface area contributed by atoms with Crippen LogP contribution in [-0.4, -0.2) is 52.8 Å². The van der Waals surface area contributed by atoms with Crippen molar-refractivity contribution in [1.82, 2.24) is 4.90 Å². The number of amides is 1.